The Balaban J connectivity index is 2.11. The summed E-state index contributed by atoms with van der Waals surface area (Å²) < 4.78 is 5.21. The molecular formula is C11H14N2O4. The first kappa shape index (κ1) is 11.7. The third-order valence-corrected chi connectivity index (χ3v) is 2.97. The molecule has 1 aliphatic heterocycles. The average Bonchev–Trinajstić information content (AvgIpc) is 2.85. The fourth-order valence-electron chi connectivity index (χ4n) is 1.89. The smallest absolute Gasteiger partial charge is 0.325 e. The molecule has 92 valence electrons. The molecule has 17 heavy (non-hydrogen) atoms. The Labute approximate surface area is 98.0 Å². The van der Waals surface area contributed by atoms with Crippen molar-refractivity contribution in [3.63, 3.8) is 0 Å². The molecule has 1 atom stereocenters. The van der Waals surface area contributed by atoms with Crippen molar-refractivity contribution in [2.24, 2.45) is 5.73 Å². The van der Waals surface area contributed by atoms with Crippen LogP contribution in [-0.4, -0.2) is 40.5 Å². The van der Waals surface area contributed by atoms with Crippen molar-refractivity contribution < 1.29 is 19.1 Å². The SMILES string of the molecule is Cc1ccc(C(=O)N2CCC(N)(C(=O)O)C2)o1. The van der Waals surface area contributed by atoms with Gasteiger partial charge in [0.05, 0.1) is 0 Å². The Morgan fingerprint density at radius 3 is 2.71 bits per heavy atom. The van der Waals surface area contributed by atoms with Crippen molar-refractivity contribution in [1.29, 1.82) is 0 Å². The van der Waals surface area contributed by atoms with Gasteiger partial charge in [0.2, 0.25) is 0 Å². The Morgan fingerprint density at radius 1 is 1.53 bits per heavy atom. The highest BCUT2D eigenvalue weighted by atomic mass is 16.4. The van der Waals surface area contributed by atoms with Crippen LogP contribution < -0.4 is 5.73 Å². The number of carbonyl (C=O) groups is 2. The highest BCUT2D eigenvalue weighted by molar-refractivity contribution is 5.93. The van der Waals surface area contributed by atoms with Crippen LogP contribution in [0.3, 0.4) is 0 Å². The number of rotatable bonds is 2. The van der Waals surface area contributed by atoms with Crippen LogP contribution in [0.25, 0.3) is 0 Å². The third-order valence-electron chi connectivity index (χ3n) is 2.97. The second-order valence-corrected chi connectivity index (χ2v) is 4.35. The van der Waals surface area contributed by atoms with Crippen molar-refractivity contribution >= 4 is 11.9 Å². The molecular weight excluding hydrogens is 224 g/mol. The predicted molar refractivity (Wildman–Crippen MR) is 58.5 cm³/mol. The number of carbonyl (C=O) groups excluding carboxylic acids is 1. The lowest BCUT2D eigenvalue weighted by Gasteiger charge is -2.19. The van der Waals surface area contributed by atoms with Crippen LogP contribution in [0.4, 0.5) is 0 Å². The van der Waals surface area contributed by atoms with Gasteiger partial charge in [0, 0.05) is 13.1 Å². The number of aryl methyl sites for hydroxylation is 1. The molecule has 1 saturated heterocycles. The van der Waals surface area contributed by atoms with Crippen molar-refractivity contribution in [3.8, 4) is 0 Å². The maximum atomic E-state index is 12.0. The Kier molecular flexibility index (Phi) is 2.66. The third kappa shape index (κ3) is 2.03. The number of carboxylic acids is 1. The zero-order chi connectivity index (χ0) is 12.6. The van der Waals surface area contributed by atoms with Gasteiger partial charge in [-0.25, -0.2) is 0 Å². The standard InChI is InChI=1S/C11H14N2O4/c1-7-2-3-8(17-7)9(14)13-5-4-11(12,6-13)10(15)16/h2-3H,4-6,12H2,1H3,(H,15,16). The van der Waals surface area contributed by atoms with Crippen molar-refractivity contribution in [3.05, 3.63) is 23.7 Å². The molecule has 0 spiro atoms. The van der Waals surface area contributed by atoms with E-state index in [2.05, 4.69) is 0 Å². The van der Waals surface area contributed by atoms with E-state index >= 15 is 0 Å². The van der Waals surface area contributed by atoms with E-state index in [-0.39, 0.29) is 24.6 Å². The van der Waals surface area contributed by atoms with E-state index < -0.39 is 11.5 Å². The lowest BCUT2D eigenvalue weighted by molar-refractivity contribution is -0.142. The van der Waals surface area contributed by atoms with E-state index in [4.69, 9.17) is 15.3 Å². The molecule has 1 aromatic rings. The van der Waals surface area contributed by atoms with E-state index in [1.165, 1.54) is 4.90 Å². The molecule has 0 aliphatic carbocycles. The molecule has 6 heteroatoms. The fraction of sp³-hybridized carbons (Fsp3) is 0.455. The number of amides is 1. The summed E-state index contributed by atoms with van der Waals surface area (Å²) in [5.41, 5.74) is 4.35. The highest BCUT2D eigenvalue weighted by Gasteiger charge is 2.43. The van der Waals surface area contributed by atoms with Gasteiger partial charge in [-0.1, -0.05) is 0 Å². The molecule has 1 aromatic heterocycles. The number of nitrogens with two attached hydrogens (primary N) is 1. The van der Waals surface area contributed by atoms with Gasteiger partial charge in [0.1, 0.15) is 11.3 Å². The number of aliphatic carboxylic acids is 1. The maximum absolute atomic E-state index is 12.0. The monoisotopic (exact) mass is 238 g/mol. The molecule has 6 nitrogen and oxygen atoms in total. The molecule has 0 aromatic carbocycles. The van der Waals surface area contributed by atoms with Crippen LogP contribution in [0.2, 0.25) is 0 Å². The lowest BCUT2D eigenvalue weighted by atomic mass is 10.0. The quantitative estimate of drug-likeness (QED) is 0.768. The largest absolute Gasteiger partial charge is 0.480 e. The Hall–Kier alpha value is -1.82. The van der Waals surface area contributed by atoms with Crippen LogP contribution >= 0.6 is 0 Å². The molecule has 1 unspecified atom stereocenters. The topological polar surface area (TPSA) is 96.8 Å². The van der Waals surface area contributed by atoms with Gasteiger partial charge in [0.25, 0.3) is 5.91 Å². The molecule has 3 N–H and O–H groups in total. The van der Waals surface area contributed by atoms with E-state index in [9.17, 15) is 9.59 Å². The molecule has 0 radical (unpaired) electrons. The first-order valence-electron chi connectivity index (χ1n) is 5.30. The van der Waals surface area contributed by atoms with E-state index in [1.807, 2.05) is 0 Å². The van der Waals surface area contributed by atoms with Gasteiger partial charge in [-0.2, -0.15) is 0 Å². The lowest BCUT2D eigenvalue weighted by Crippen LogP contribution is -2.50. The first-order chi connectivity index (χ1) is 7.92. The van der Waals surface area contributed by atoms with Gasteiger partial charge in [0.15, 0.2) is 5.76 Å². The van der Waals surface area contributed by atoms with Crippen LogP contribution in [0.15, 0.2) is 16.5 Å². The van der Waals surface area contributed by atoms with E-state index in [0.717, 1.165) is 0 Å². The summed E-state index contributed by atoms with van der Waals surface area (Å²) in [6, 6.07) is 3.27. The normalized spacial score (nSPS) is 24.0. The fourth-order valence-corrected chi connectivity index (χ4v) is 1.89. The minimum Gasteiger partial charge on any atom is -0.480 e. The summed E-state index contributed by atoms with van der Waals surface area (Å²) in [6.07, 6.45) is 0.258. The number of hydrogen-bond acceptors (Lipinski definition) is 4. The molecule has 0 bridgehead atoms. The van der Waals surface area contributed by atoms with Crippen LogP contribution in [0.5, 0.6) is 0 Å². The van der Waals surface area contributed by atoms with E-state index in [1.54, 1.807) is 19.1 Å². The highest BCUT2D eigenvalue weighted by Crippen LogP contribution is 2.21. The first-order valence-corrected chi connectivity index (χ1v) is 5.30. The predicted octanol–water partition coefficient (Wildman–Crippen LogP) is 0.216. The zero-order valence-corrected chi connectivity index (χ0v) is 9.47. The molecule has 1 amide bonds. The second-order valence-electron chi connectivity index (χ2n) is 4.35. The minimum atomic E-state index is -1.34. The van der Waals surface area contributed by atoms with Crippen molar-refractivity contribution in [1.82, 2.24) is 4.90 Å². The summed E-state index contributed by atoms with van der Waals surface area (Å²) in [4.78, 5) is 24.3. The number of likely N-dealkylation sites (tertiary alicyclic amines) is 1. The van der Waals surface area contributed by atoms with Gasteiger partial charge in [-0.3, -0.25) is 9.59 Å². The van der Waals surface area contributed by atoms with E-state index in [0.29, 0.717) is 12.3 Å². The Morgan fingerprint density at radius 2 is 2.24 bits per heavy atom. The summed E-state index contributed by atoms with van der Waals surface area (Å²) >= 11 is 0. The molecule has 1 fully saturated rings. The molecule has 0 saturated carbocycles. The van der Waals surface area contributed by atoms with Crippen molar-refractivity contribution in [2.45, 2.75) is 18.9 Å². The van der Waals surface area contributed by atoms with Gasteiger partial charge in [-0.05, 0) is 25.5 Å². The number of hydrogen-bond donors (Lipinski definition) is 2. The van der Waals surface area contributed by atoms with Crippen LogP contribution in [-0.2, 0) is 4.79 Å². The Bertz CT molecular complexity index is 468. The molecule has 1 aliphatic rings. The van der Waals surface area contributed by atoms with Gasteiger partial charge >= 0.3 is 5.97 Å². The summed E-state index contributed by atoms with van der Waals surface area (Å²) in [5.74, 6) is -0.531. The summed E-state index contributed by atoms with van der Waals surface area (Å²) in [5, 5.41) is 8.96. The number of furan rings is 1. The van der Waals surface area contributed by atoms with Crippen molar-refractivity contribution in [2.75, 3.05) is 13.1 Å². The molecule has 2 heterocycles. The minimum absolute atomic E-state index is 0.0148. The molecule has 2 rings (SSSR count). The summed E-state index contributed by atoms with van der Waals surface area (Å²) in [6.45, 7) is 2.09. The van der Waals surface area contributed by atoms with Crippen LogP contribution in [0, 0.1) is 6.92 Å². The zero-order valence-electron chi connectivity index (χ0n) is 9.47. The van der Waals surface area contributed by atoms with Gasteiger partial charge in [-0.15, -0.1) is 0 Å². The average molecular weight is 238 g/mol. The number of carboxylic acid groups (broad SMARTS) is 1. The maximum Gasteiger partial charge on any atom is 0.325 e. The summed E-state index contributed by atoms with van der Waals surface area (Å²) in [7, 11) is 0. The van der Waals surface area contributed by atoms with Gasteiger partial charge < -0.3 is 20.2 Å². The number of nitrogens with zero attached hydrogens (tertiary/aromatic N) is 1. The van der Waals surface area contributed by atoms with Crippen LogP contribution in [0.1, 0.15) is 22.7 Å². The second kappa shape index (κ2) is 3.89.